The highest BCUT2D eigenvalue weighted by molar-refractivity contribution is 7.94. The van der Waals surface area contributed by atoms with E-state index in [4.69, 9.17) is 9.47 Å². The zero-order valence-corrected chi connectivity index (χ0v) is 39.7. The van der Waals surface area contributed by atoms with Crippen molar-refractivity contribution in [2.75, 3.05) is 18.5 Å². The number of ether oxygens (including phenoxy) is 2. The van der Waals surface area contributed by atoms with Gasteiger partial charge in [0.2, 0.25) is 5.91 Å². The first-order valence-electron chi connectivity index (χ1n) is 21.5. The third kappa shape index (κ3) is 11.8. The Hall–Kier alpha value is -6.28. The van der Waals surface area contributed by atoms with Gasteiger partial charge in [-0.05, 0) is 102 Å². The molecule has 0 saturated carbocycles. The Bertz CT molecular complexity index is 2940. The summed E-state index contributed by atoms with van der Waals surface area (Å²) in [5, 5.41) is 51.3. The minimum absolute atomic E-state index is 0.0160. The highest BCUT2D eigenvalue weighted by atomic mass is 32.2. The van der Waals surface area contributed by atoms with Crippen molar-refractivity contribution in [2.45, 2.75) is 94.8 Å². The molecule has 0 heterocycles. The average molecular weight is 953 g/mol. The van der Waals surface area contributed by atoms with Crippen LogP contribution in [0.4, 0.5) is 17.1 Å². The topological polar surface area (TPSA) is 241 Å². The second-order valence-electron chi connectivity index (χ2n) is 17.1. The molecule has 0 fully saturated rings. The molecule has 0 unspecified atom stereocenters. The fourth-order valence-electron chi connectivity index (χ4n) is 7.21. The molecular formula is C49H52N4O12S2-2. The van der Waals surface area contributed by atoms with Gasteiger partial charge in [0, 0.05) is 35.2 Å². The first-order valence-corrected chi connectivity index (χ1v) is 23.6. The quantitative estimate of drug-likeness (QED) is 0.0139. The highest BCUT2D eigenvalue weighted by Crippen LogP contribution is 2.47. The van der Waals surface area contributed by atoms with E-state index in [2.05, 4.69) is 90.0 Å². The van der Waals surface area contributed by atoms with E-state index >= 15 is 0 Å². The number of phenols is 2. The van der Waals surface area contributed by atoms with E-state index in [0.29, 0.717) is 60.3 Å². The van der Waals surface area contributed by atoms with Crippen molar-refractivity contribution in [3.63, 3.8) is 0 Å². The number of benzene rings is 6. The number of anilines is 1. The van der Waals surface area contributed by atoms with Crippen LogP contribution in [-0.4, -0.2) is 48.1 Å². The molecule has 0 radical (unpaired) electrons. The van der Waals surface area contributed by atoms with Gasteiger partial charge in [-0.3, -0.25) is 14.6 Å². The van der Waals surface area contributed by atoms with Gasteiger partial charge in [0.15, 0.2) is 5.75 Å². The summed E-state index contributed by atoms with van der Waals surface area (Å²) in [5.41, 5.74) is 2.29. The summed E-state index contributed by atoms with van der Waals surface area (Å²) in [4.78, 5) is 24.8. The Morgan fingerprint density at radius 3 is 2.18 bits per heavy atom. The van der Waals surface area contributed by atoms with Crippen molar-refractivity contribution in [2.24, 2.45) is 10.2 Å². The van der Waals surface area contributed by atoms with Gasteiger partial charge in [0.05, 0.1) is 45.4 Å². The van der Waals surface area contributed by atoms with E-state index in [1.807, 2.05) is 0 Å². The molecular weight excluding hydrogens is 901 g/mol. The lowest BCUT2D eigenvalue weighted by Gasteiger charge is -2.30. The molecule has 6 aromatic rings. The van der Waals surface area contributed by atoms with Crippen molar-refractivity contribution in [3.8, 4) is 28.7 Å². The van der Waals surface area contributed by atoms with E-state index in [1.165, 1.54) is 23.3 Å². The first kappa shape index (κ1) is 50.1. The summed E-state index contributed by atoms with van der Waals surface area (Å²) in [7, 11) is -5.00. The van der Waals surface area contributed by atoms with Gasteiger partial charge >= 0.3 is 0 Å². The number of azo groups is 1. The number of nitrogens with zero attached hydrogens (tertiary/aromatic N) is 2. The molecule has 16 nitrogen and oxygen atoms in total. The number of hydrogen-bond donors (Lipinski definition) is 4. The SMILES string of the molecule is CCC(C)(C)c1ccc(OCCCCNC(=O)c2cc(Oc3ccc(N=Nc4c(SOO[O-])cc5cc(S(=O)(=O)[O-])cc(NC(C)=O)c5c4O)cc3)c3ccccc3c2O)c(C(C)(C)CC)c1. The van der Waals surface area contributed by atoms with Crippen LogP contribution in [0.2, 0.25) is 0 Å². The summed E-state index contributed by atoms with van der Waals surface area (Å²) in [6.07, 6.45) is 3.30. The average Bonchev–Trinajstić information content (AvgIpc) is 3.29. The minimum Gasteiger partial charge on any atom is -0.744 e. The number of fused-ring (bicyclic) bond motifs is 2. The molecule has 0 aromatic heterocycles. The maximum Gasteiger partial charge on any atom is 0.255 e. The number of phenolic OH excluding ortho intramolecular Hbond substituents is 2. The molecule has 0 spiro atoms. The van der Waals surface area contributed by atoms with Crippen LogP contribution in [0, 0.1) is 0 Å². The lowest BCUT2D eigenvalue weighted by Crippen LogP contribution is -2.25. The van der Waals surface area contributed by atoms with Crippen LogP contribution in [0.25, 0.3) is 21.5 Å². The molecule has 0 aliphatic carbocycles. The van der Waals surface area contributed by atoms with Gasteiger partial charge in [-0.15, -0.1) is 5.11 Å². The third-order valence-electron chi connectivity index (χ3n) is 11.8. The van der Waals surface area contributed by atoms with E-state index in [-0.39, 0.29) is 54.9 Å². The molecule has 4 N–H and O–H groups in total. The second kappa shape index (κ2) is 21.1. The molecule has 0 atom stereocenters. The van der Waals surface area contributed by atoms with Crippen molar-refractivity contribution in [1.29, 1.82) is 0 Å². The Balaban J connectivity index is 1.16. The summed E-state index contributed by atoms with van der Waals surface area (Å²) in [5.74, 6) is -0.386. The van der Waals surface area contributed by atoms with Crippen molar-refractivity contribution in [1.82, 2.24) is 5.32 Å². The highest BCUT2D eigenvalue weighted by Gasteiger charge is 2.27. The number of aromatic hydroxyl groups is 2. The summed E-state index contributed by atoms with van der Waals surface area (Å²) in [6, 6.07) is 24.3. The van der Waals surface area contributed by atoms with Crippen LogP contribution >= 0.6 is 12.0 Å². The number of carbonyl (C=O) groups excluding carboxylic acids is 2. The van der Waals surface area contributed by atoms with E-state index in [0.717, 1.165) is 37.6 Å². The molecule has 67 heavy (non-hydrogen) atoms. The fourth-order valence-corrected chi connectivity index (χ4v) is 8.24. The monoisotopic (exact) mass is 952 g/mol. The van der Waals surface area contributed by atoms with Crippen LogP contribution in [0.15, 0.2) is 111 Å². The van der Waals surface area contributed by atoms with E-state index < -0.39 is 32.6 Å². The molecule has 18 heteroatoms. The number of nitrogens with one attached hydrogen (secondary N) is 2. The molecule has 6 aromatic carbocycles. The lowest BCUT2D eigenvalue weighted by atomic mass is 9.76. The van der Waals surface area contributed by atoms with Gasteiger partial charge in [0.25, 0.3) is 5.91 Å². The smallest absolute Gasteiger partial charge is 0.255 e. The second-order valence-corrected chi connectivity index (χ2v) is 19.2. The first-order chi connectivity index (χ1) is 31.8. The van der Waals surface area contributed by atoms with E-state index in [9.17, 15) is 38.0 Å². The van der Waals surface area contributed by atoms with Crippen molar-refractivity contribution >= 4 is 72.6 Å². The summed E-state index contributed by atoms with van der Waals surface area (Å²) < 4.78 is 52.7. The minimum atomic E-state index is -5.00. The largest absolute Gasteiger partial charge is 0.744 e. The predicted molar refractivity (Wildman–Crippen MR) is 252 cm³/mol. The predicted octanol–water partition coefficient (Wildman–Crippen LogP) is 10.7. The number of rotatable bonds is 20. The normalized spacial score (nSPS) is 12.2. The molecule has 6 rings (SSSR count). The molecule has 0 aliphatic rings. The number of amides is 2. The summed E-state index contributed by atoms with van der Waals surface area (Å²) >= 11 is 0.327. The Kier molecular flexibility index (Phi) is 15.8. The van der Waals surface area contributed by atoms with Crippen LogP contribution in [0.1, 0.15) is 95.6 Å². The number of hydrogen-bond acceptors (Lipinski definition) is 15. The third-order valence-corrected chi connectivity index (χ3v) is 13.2. The lowest BCUT2D eigenvalue weighted by molar-refractivity contribution is -0.777. The summed E-state index contributed by atoms with van der Waals surface area (Å²) in [6.45, 7) is 15.3. The standard InChI is InChI=1S/C49H54N4O12S2/c1-8-48(4,5)31-16-21-40(38(26-31)49(6,7)9-2)62-23-13-12-22-50-47(57)37-28-41(35-14-10-11-15-36(35)45(37)55)63-33-19-17-32(18-20-33)52-53-44-42(66-65-64-58)25-30-24-34(67(59,60)61)27-39(51-29(3)54)43(30)46(44)56/h10-11,14-21,24-28,55-56,58H,8-9,12-13,22-23H2,1-7H3,(H,50,57)(H,51,54)(H,59,60,61)/p-2. The van der Waals surface area contributed by atoms with Crippen molar-refractivity contribution in [3.05, 3.63) is 108 Å². The maximum absolute atomic E-state index is 13.5. The molecule has 0 saturated heterocycles. The zero-order valence-electron chi connectivity index (χ0n) is 38.1. The van der Waals surface area contributed by atoms with Gasteiger partial charge in [-0.1, -0.05) is 77.9 Å². The van der Waals surface area contributed by atoms with Gasteiger partial charge in [-0.2, -0.15) is 9.45 Å². The van der Waals surface area contributed by atoms with Crippen molar-refractivity contribution < 1.29 is 56.9 Å². The van der Waals surface area contributed by atoms with Crippen LogP contribution < -0.4 is 25.4 Å². The molecule has 354 valence electrons. The molecule has 0 bridgehead atoms. The van der Waals surface area contributed by atoms with Crippen LogP contribution in [0.3, 0.4) is 0 Å². The van der Waals surface area contributed by atoms with E-state index in [1.54, 1.807) is 48.5 Å². The van der Waals surface area contributed by atoms with Crippen LogP contribution in [-0.2, 0) is 35.1 Å². The Morgan fingerprint density at radius 1 is 0.821 bits per heavy atom. The van der Waals surface area contributed by atoms with Gasteiger partial charge in [0.1, 0.15) is 38.8 Å². The van der Waals surface area contributed by atoms with Gasteiger partial charge < -0.3 is 40.1 Å². The van der Waals surface area contributed by atoms with Gasteiger partial charge in [-0.25, -0.2) is 8.42 Å². The number of unbranched alkanes of at least 4 members (excludes halogenated alkanes) is 1. The Labute approximate surface area is 393 Å². The fraction of sp³-hybridized carbons (Fsp3) is 0.306. The molecule has 2 amide bonds. The molecule has 0 aliphatic heterocycles. The maximum atomic E-state index is 13.5. The zero-order chi connectivity index (χ0) is 48.7. The van der Waals surface area contributed by atoms with Crippen LogP contribution in [0.5, 0.6) is 28.7 Å². The Morgan fingerprint density at radius 2 is 1.52 bits per heavy atom. The number of carbonyl (C=O) groups is 2.